The minimum Gasteiger partial charge on any atom is -0.489 e. The zero-order chi connectivity index (χ0) is 19.0. The first kappa shape index (κ1) is 17.6. The molecule has 5 nitrogen and oxygen atoms in total. The van der Waals surface area contributed by atoms with Gasteiger partial charge in [0.1, 0.15) is 11.9 Å². The molecule has 0 radical (unpaired) electrons. The second-order valence-electron chi connectivity index (χ2n) is 7.33. The Labute approximate surface area is 159 Å². The van der Waals surface area contributed by atoms with Crippen LogP contribution in [0.5, 0.6) is 5.75 Å². The number of rotatable bonds is 4. The monoisotopic (exact) mass is 364 g/mol. The Hall–Kier alpha value is -2.82. The van der Waals surface area contributed by atoms with Crippen LogP contribution in [0.15, 0.2) is 42.5 Å². The smallest absolute Gasteiger partial charge is 0.255 e. The Morgan fingerprint density at radius 1 is 1.19 bits per heavy atom. The van der Waals surface area contributed by atoms with Crippen molar-refractivity contribution in [2.24, 2.45) is 0 Å². The maximum atomic E-state index is 12.7. The summed E-state index contributed by atoms with van der Waals surface area (Å²) in [5.41, 5.74) is 3.59. The van der Waals surface area contributed by atoms with Crippen LogP contribution in [0.2, 0.25) is 0 Å². The molecule has 0 spiro atoms. The molecule has 140 valence electrons. The van der Waals surface area contributed by atoms with Crippen LogP contribution in [0.25, 0.3) is 0 Å². The number of hydrogen-bond donors (Lipinski definition) is 1. The van der Waals surface area contributed by atoms with E-state index in [2.05, 4.69) is 12.2 Å². The fourth-order valence-corrected chi connectivity index (χ4v) is 3.76. The standard InChI is InChI=1S/C22H24N2O3/c1-14-15(2)27-21-18(14)5-3-6-19(21)22(26)23-13-16-8-10-17(11-9-16)24-12-4-7-20(24)25/h3,5-6,8-11,14-15H,4,7,12-13H2,1-2H3,(H,23,26)/t14-,15+/m0/s1. The number of ether oxygens (including phenoxy) is 1. The van der Waals surface area contributed by atoms with Crippen molar-refractivity contribution in [1.29, 1.82) is 0 Å². The number of benzene rings is 2. The molecule has 0 bridgehead atoms. The molecule has 27 heavy (non-hydrogen) atoms. The van der Waals surface area contributed by atoms with Crippen LogP contribution in [0, 0.1) is 0 Å². The first-order valence-corrected chi connectivity index (χ1v) is 9.51. The molecule has 1 fully saturated rings. The van der Waals surface area contributed by atoms with Gasteiger partial charge < -0.3 is 15.0 Å². The molecular formula is C22H24N2O3. The van der Waals surface area contributed by atoms with Crippen LogP contribution < -0.4 is 15.0 Å². The highest BCUT2D eigenvalue weighted by atomic mass is 16.5. The normalized spacial score (nSPS) is 21.1. The SMILES string of the molecule is C[C@@H]1c2cccc(C(=O)NCc3ccc(N4CCCC4=O)cc3)c2O[C@@H]1C. The number of amides is 2. The molecule has 0 aromatic heterocycles. The summed E-state index contributed by atoms with van der Waals surface area (Å²) in [7, 11) is 0. The zero-order valence-electron chi connectivity index (χ0n) is 15.7. The topological polar surface area (TPSA) is 58.6 Å². The van der Waals surface area contributed by atoms with Crippen LogP contribution >= 0.6 is 0 Å². The summed E-state index contributed by atoms with van der Waals surface area (Å²) in [6, 6.07) is 13.5. The minimum absolute atomic E-state index is 0.0785. The second-order valence-corrected chi connectivity index (χ2v) is 7.33. The molecule has 1 saturated heterocycles. The van der Waals surface area contributed by atoms with Crippen molar-refractivity contribution in [3.8, 4) is 5.75 Å². The highest BCUT2D eigenvalue weighted by molar-refractivity contribution is 5.97. The largest absolute Gasteiger partial charge is 0.489 e. The Balaban J connectivity index is 1.42. The molecule has 1 N–H and O–H groups in total. The van der Waals surface area contributed by atoms with E-state index in [0.717, 1.165) is 29.8 Å². The van der Waals surface area contributed by atoms with Gasteiger partial charge in [0.25, 0.3) is 5.91 Å². The molecule has 2 aliphatic rings. The quantitative estimate of drug-likeness (QED) is 0.901. The summed E-state index contributed by atoms with van der Waals surface area (Å²) in [4.78, 5) is 26.3. The van der Waals surface area contributed by atoms with Gasteiger partial charge in [-0.15, -0.1) is 0 Å². The fraction of sp³-hybridized carbons (Fsp3) is 0.364. The van der Waals surface area contributed by atoms with E-state index in [1.165, 1.54) is 0 Å². The predicted molar refractivity (Wildman–Crippen MR) is 104 cm³/mol. The third-order valence-corrected chi connectivity index (χ3v) is 5.56. The number of carbonyl (C=O) groups is 2. The van der Waals surface area contributed by atoms with Crippen LogP contribution in [0.4, 0.5) is 5.69 Å². The average molecular weight is 364 g/mol. The lowest BCUT2D eigenvalue weighted by molar-refractivity contribution is -0.117. The maximum Gasteiger partial charge on any atom is 0.255 e. The number of anilines is 1. The Kier molecular flexibility index (Phi) is 4.60. The number of hydrogen-bond acceptors (Lipinski definition) is 3. The van der Waals surface area contributed by atoms with Crippen LogP contribution in [-0.4, -0.2) is 24.5 Å². The Morgan fingerprint density at radius 2 is 1.96 bits per heavy atom. The van der Waals surface area contributed by atoms with Crippen molar-refractivity contribution in [3.63, 3.8) is 0 Å². The van der Waals surface area contributed by atoms with Crippen molar-refractivity contribution in [2.75, 3.05) is 11.4 Å². The molecule has 2 atom stereocenters. The number of para-hydroxylation sites is 1. The van der Waals surface area contributed by atoms with E-state index >= 15 is 0 Å². The van der Waals surface area contributed by atoms with E-state index in [1.54, 1.807) is 6.07 Å². The van der Waals surface area contributed by atoms with Gasteiger partial charge in [0, 0.05) is 36.7 Å². The summed E-state index contributed by atoms with van der Waals surface area (Å²) in [5.74, 6) is 1.04. The number of nitrogens with one attached hydrogen (secondary N) is 1. The lowest BCUT2D eigenvalue weighted by Crippen LogP contribution is -2.24. The molecule has 2 aromatic carbocycles. The molecule has 5 heteroatoms. The van der Waals surface area contributed by atoms with E-state index in [1.807, 2.05) is 48.2 Å². The molecule has 2 aromatic rings. The highest BCUT2D eigenvalue weighted by Gasteiger charge is 2.31. The molecule has 0 saturated carbocycles. The van der Waals surface area contributed by atoms with Crippen molar-refractivity contribution < 1.29 is 14.3 Å². The molecule has 4 rings (SSSR count). The van der Waals surface area contributed by atoms with E-state index in [4.69, 9.17) is 4.74 Å². The molecule has 2 amide bonds. The average Bonchev–Trinajstić information content (AvgIpc) is 3.23. The van der Waals surface area contributed by atoms with Crippen LogP contribution in [0.3, 0.4) is 0 Å². The van der Waals surface area contributed by atoms with Gasteiger partial charge in [-0.25, -0.2) is 0 Å². The lowest BCUT2D eigenvalue weighted by atomic mass is 9.97. The Morgan fingerprint density at radius 3 is 2.67 bits per heavy atom. The fourth-order valence-electron chi connectivity index (χ4n) is 3.76. The first-order valence-electron chi connectivity index (χ1n) is 9.51. The van der Waals surface area contributed by atoms with Gasteiger partial charge in [-0.1, -0.05) is 31.2 Å². The van der Waals surface area contributed by atoms with Crippen LogP contribution in [0.1, 0.15) is 54.1 Å². The number of nitrogens with zero attached hydrogens (tertiary/aromatic N) is 1. The van der Waals surface area contributed by atoms with Crippen molar-refractivity contribution >= 4 is 17.5 Å². The number of fused-ring (bicyclic) bond motifs is 1. The Bertz CT molecular complexity index is 876. The van der Waals surface area contributed by atoms with E-state index in [9.17, 15) is 9.59 Å². The zero-order valence-corrected chi connectivity index (χ0v) is 15.7. The van der Waals surface area contributed by atoms with Gasteiger partial charge in [-0.05, 0) is 37.1 Å². The first-order chi connectivity index (χ1) is 13.0. The van der Waals surface area contributed by atoms with Gasteiger partial charge >= 0.3 is 0 Å². The van der Waals surface area contributed by atoms with Gasteiger partial charge in [0.15, 0.2) is 0 Å². The van der Waals surface area contributed by atoms with Crippen molar-refractivity contribution in [3.05, 3.63) is 59.2 Å². The lowest BCUT2D eigenvalue weighted by Gasteiger charge is -2.16. The van der Waals surface area contributed by atoms with Crippen molar-refractivity contribution in [2.45, 2.75) is 45.3 Å². The molecular weight excluding hydrogens is 340 g/mol. The number of carbonyl (C=O) groups excluding carboxylic acids is 2. The summed E-state index contributed by atoms with van der Waals surface area (Å²) >= 11 is 0. The van der Waals surface area contributed by atoms with Gasteiger partial charge in [-0.2, -0.15) is 0 Å². The van der Waals surface area contributed by atoms with E-state index in [0.29, 0.717) is 24.3 Å². The molecule has 0 unspecified atom stereocenters. The van der Waals surface area contributed by atoms with E-state index < -0.39 is 0 Å². The second kappa shape index (κ2) is 7.06. The van der Waals surface area contributed by atoms with Gasteiger partial charge in [0.05, 0.1) is 5.56 Å². The summed E-state index contributed by atoms with van der Waals surface area (Å²) < 4.78 is 5.91. The molecule has 2 heterocycles. The van der Waals surface area contributed by atoms with E-state index in [-0.39, 0.29) is 23.8 Å². The summed E-state index contributed by atoms with van der Waals surface area (Å²) in [5, 5.41) is 2.97. The minimum atomic E-state index is -0.132. The molecule has 0 aliphatic carbocycles. The third-order valence-electron chi connectivity index (χ3n) is 5.56. The summed E-state index contributed by atoms with van der Waals surface area (Å²) in [6.45, 7) is 5.36. The highest BCUT2D eigenvalue weighted by Crippen LogP contribution is 2.40. The van der Waals surface area contributed by atoms with Gasteiger partial charge in [0.2, 0.25) is 5.91 Å². The van der Waals surface area contributed by atoms with Crippen molar-refractivity contribution in [1.82, 2.24) is 5.32 Å². The van der Waals surface area contributed by atoms with Gasteiger partial charge in [-0.3, -0.25) is 9.59 Å². The third kappa shape index (κ3) is 3.29. The van der Waals surface area contributed by atoms with Crippen LogP contribution in [-0.2, 0) is 11.3 Å². The maximum absolute atomic E-state index is 12.7. The molecule has 2 aliphatic heterocycles. The summed E-state index contributed by atoms with van der Waals surface area (Å²) in [6.07, 6.45) is 1.62. The predicted octanol–water partition coefficient (Wildman–Crippen LogP) is 3.63.